The van der Waals surface area contributed by atoms with Crippen LogP contribution in [0, 0.1) is 13.8 Å². The molecular weight excluding hydrogens is 292 g/mol. The zero-order chi connectivity index (χ0) is 15.5. The van der Waals surface area contributed by atoms with Gasteiger partial charge in [0, 0.05) is 23.2 Å². The molecule has 0 radical (unpaired) electrons. The molecule has 0 unspecified atom stereocenters. The fraction of sp³-hybridized carbons (Fsp3) is 0.389. The van der Waals surface area contributed by atoms with E-state index in [4.69, 9.17) is 0 Å². The van der Waals surface area contributed by atoms with E-state index in [9.17, 15) is 4.79 Å². The van der Waals surface area contributed by atoms with Gasteiger partial charge in [-0.3, -0.25) is 9.69 Å². The highest BCUT2D eigenvalue weighted by Gasteiger charge is 2.30. The van der Waals surface area contributed by atoms with Crippen LogP contribution in [0.4, 0.5) is 5.69 Å². The molecule has 0 aliphatic heterocycles. The average Bonchev–Trinajstić information content (AvgIpc) is 3.21. The highest BCUT2D eigenvalue weighted by Crippen LogP contribution is 2.29. The Morgan fingerprint density at radius 3 is 2.55 bits per heavy atom. The summed E-state index contributed by atoms with van der Waals surface area (Å²) >= 11 is 1.76. The average molecular weight is 314 g/mol. The Morgan fingerprint density at radius 1 is 1.23 bits per heavy atom. The van der Waals surface area contributed by atoms with Crippen molar-refractivity contribution in [2.45, 2.75) is 39.3 Å². The van der Waals surface area contributed by atoms with Gasteiger partial charge in [0.1, 0.15) is 0 Å². The number of hydrogen-bond donors (Lipinski definition) is 1. The molecule has 1 N–H and O–H groups in total. The lowest BCUT2D eigenvalue weighted by Gasteiger charge is -2.21. The molecule has 1 aliphatic rings. The van der Waals surface area contributed by atoms with Crippen molar-refractivity contribution in [3.8, 4) is 0 Å². The number of hydrogen-bond acceptors (Lipinski definition) is 3. The van der Waals surface area contributed by atoms with Crippen molar-refractivity contribution in [2.24, 2.45) is 0 Å². The van der Waals surface area contributed by atoms with Crippen LogP contribution in [0.1, 0.15) is 28.8 Å². The lowest BCUT2D eigenvalue weighted by atomic mass is 10.1. The Labute approximate surface area is 136 Å². The van der Waals surface area contributed by atoms with Gasteiger partial charge >= 0.3 is 0 Å². The molecule has 1 saturated carbocycles. The maximum Gasteiger partial charge on any atom is 0.238 e. The van der Waals surface area contributed by atoms with Crippen molar-refractivity contribution < 1.29 is 4.79 Å². The summed E-state index contributed by atoms with van der Waals surface area (Å²) in [5.41, 5.74) is 3.19. The number of amides is 1. The van der Waals surface area contributed by atoms with Crippen molar-refractivity contribution in [1.82, 2.24) is 4.90 Å². The Bertz CT molecular complexity index is 627. The summed E-state index contributed by atoms with van der Waals surface area (Å²) in [7, 11) is 0. The predicted octanol–water partition coefficient (Wildman–Crippen LogP) is 3.97. The van der Waals surface area contributed by atoms with Crippen molar-refractivity contribution in [3.05, 3.63) is 51.7 Å². The molecule has 1 amide bonds. The third kappa shape index (κ3) is 3.76. The third-order valence-electron chi connectivity index (χ3n) is 4.09. The van der Waals surface area contributed by atoms with Gasteiger partial charge in [0.2, 0.25) is 5.91 Å². The molecule has 3 rings (SSSR count). The molecule has 116 valence electrons. The van der Waals surface area contributed by atoms with Crippen LogP contribution in [-0.4, -0.2) is 23.4 Å². The van der Waals surface area contributed by atoms with E-state index in [1.807, 2.05) is 32.0 Å². The summed E-state index contributed by atoms with van der Waals surface area (Å²) < 4.78 is 0. The number of benzene rings is 1. The van der Waals surface area contributed by atoms with Gasteiger partial charge in [-0.15, -0.1) is 11.3 Å². The second kappa shape index (κ2) is 6.63. The van der Waals surface area contributed by atoms with Gasteiger partial charge in [-0.05, 0) is 49.3 Å². The van der Waals surface area contributed by atoms with Crippen LogP contribution in [-0.2, 0) is 11.3 Å². The maximum absolute atomic E-state index is 12.4. The van der Waals surface area contributed by atoms with Crippen molar-refractivity contribution in [1.29, 1.82) is 0 Å². The Balaban J connectivity index is 1.64. The molecule has 0 atom stereocenters. The molecule has 1 aromatic carbocycles. The van der Waals surface area contributed by atoms with E-state index in [0.29, 0.717) is 12.6 Å². The Morgan fingerprint density at radius 2 is 1.95 bits per heavy atom. The standard InChI is InChI=1S/C18H22N2OS/c1-13-5-3-6-14(2)18(13)19-17(21)12-20(15-8-9-15)11-16-7-4-10-22-16/h3-7,10,15H,8-9,11-12H2,1-2H3,(H,19,21). The van der Waals surface area contributed by atoms with Gasteiger partial charge in [-0.2, -0.15) is 0 Å². The zero-order valence-corrected chi connectivity index (χ0v) is 14.0. The van der Waals surface area contributed by atoms with Crippen molar-refractivity contribution in [3.63, 3.8) is 0 Å². The first-order chi connectivity index (χ1) is 10.6. The van der Waals surface area contributed by atoms with E-state index < -0.39 is 0 Å². The normalized spacial score (nSPS) is 14.3. The molecule has 1 fully saturated rings. The molecule has 0 bridgehead atoms. The van der Waals surface area contributed by atoms with Gasteiger partial charge in [-0.1, -0.05) is 24.3 Å². The minimum Gasteiger partial charge on any atom is -0.324 e. The van der Waals surface area contributed by atoms with Gasteiger partial charge in [0.25, 0.3) is 0 Å². The molecule has 4 heteroatoms. The molecule has 22 heavy (non-hydrogen) atoms. The number of carbonyl (C=O) groups excluding carboxylic acids is 1. The van der Waals surface area contributed by atoms with Gasteiger partial charge in [0.05, 0.1) is 6.54 Å². The first-order valence-electron chi connectivity index (χ1n) is 7.76. The van der Waals surface area contributed by atoms with Crippen LogP contribution in [0.2, 0.25) is 0 Å². The number of nitrogens with zero attached hydrogens (tertiary/aromatic N) is 1. The van der Waals surface area contributed by atoms with Crippen molar-refractivity contribution in [2.75, 3.05) is 11.9 Å². The van der Waals surface area contributed by atoms with Gasteiger partial charge in [0.15, 0.2) is 0 Å². The lowest BCUT2D eigenvalue weighted by molar-refractivity contribution is -0.117. The highest BCUT2D eigenvalue weighted by molar-refractivity contribution is 7.09. The molecule has 1 aliphatic carbocycles. The monoisotopic (exact) mass is 314 g/mol. The molecule has 1 heterocycles. The van der Waals surface area contributed by atoms with Gasteiger partial charge in [-0.25, -0.2) is 0 Å². The zero-order valence-electron chi connectivity index (χ0n) is 13.1. The minimum atomic E-state index is 0.0841. The number of aryl methyl sites for hydroxylation is 2. The number of nitrogens with one attached hydrogen (secondary N) is 1. The molecule has 2 aromatic rings. The quantitative estimate of drug-likeness (QED) is 0.875. The smallest absolute Gasteiger partial charge is 0.238 e. The number of para-hydroxylation sites is 1. The van der Waals surface area contributed by atoms with Crippen LogP contribution in [0.15, 0.2) is 35.7 Å². The number of thiophene rings is 1. The highest BCUT2D eigenvalue weighted by atomic mass is 32.1. The molecule has 3 nitrogen and oxygen atoms in total. The van der Waals surface area contributed by atoms with Crippen LogP contribution in [0.25, 0.3) is 0 Å². The predicted molar refractivity (Wildman–Crippen MR) is 92.3 cm³/mol. The lowest BCUT2D eigenvalue weighted by Crippen LogP contribution is -2.34. The summed E-state index contributed by atoms with van der Waals surface area (Å²) in [5, 5.41) is 5.19. The molecule has 0 saturated heterocycles. The topological polar surface area (TPSA) is 32.3 Å². The van der Waals surface area contributed by atoms with Crippen LogP contribution >= 0.6 is 11.3 Å². The number of anilines is 1. The largest absolute Gasteiger partial charge is 0.324 e. The Hall–Kier alpha value is -1.65. The SMILES string of the molecule is Cc1cccc(C)c1NC(=O)CN(Cc1cccs1)C1CC1. The molecule has 0 spiro atoms. The van der Waals surface area contributed by atoms with Crippen LogP contribution in [0.5, 0.6) is 0 Å². The van der Waals surface area contributed by atoms with Crippen LogP contribution < -0.4 is 5.32 Å². The van der Waals surface area contributed by atoms with E-state index in [1.165, 1.54) is 17.7 Å². The van der Waals surface area contributed by atoms with E-state index >= 15 is 0 Å². The second-order valence-corrected chi connectivity index (χ2v) is 7.06. The molecular formula is C18H22N2OS. The number of carbonyl (C=O) groups is 1. The van der Waals surface area contributed by atoms with Gasteiger partial charge < -0.3 is 5.32 Å². The summed E-state index contributed by atoms with van der Waals surface area (Å²) in [6.45, 7) is 5.42. The maximum atomic E-state index is 12.4. The first kappa shape index (κ1) is 15.3. The summed E-state index contributed by atoms with van der Waals surface area (Å²) in [6, 6.07) is 10.9. The molecule has 1 aromatic heterocycles. The Kier molecular flexibility index (Phi) is 4.60. The summed E-state index contributed by atoms with van der Waals surface area (Å²) in [6.07, 6.45) is 2.42. The summed E-state index contributed by atoms with van der Waals surface area (Å²) in [4.78, 5) is 16.1. The summed E-state index contributed by atoms with van der Waals surface area (Å²) in [5.74, 6) is 0.0841. The van der Waals surface area contributed by atoms with E-state index in [-0.39, 0.29) is 5.91 Å². The van der Waals surface area contributed by atoms with Crippen molar-refractivity contribution >= 4 is 22.9 Å². The minimum absolute atomic E-state index is 0.0841. The van der Waals surface area contributed by atoms with E-state index in [1.54, 1.807) is 11.3 Å². The second-order valence-electron chi connectivity index (χ2n) is 6.03. The fourth-order valence-corrected chi connectivity index (χ4v) is 3.46. The number of rotatable bonds is 6. The van der Waals surface area contributed by atoms with E-state index in [2.05, 4.69) is 27.7 Å². The first-order valence-corrected chi connectivity index (χ1v) is 8.64. The van der Waals surface area contributed by atoms with Crippen LogP contribution in [0.3, 0.4) is 0 Å². The third-order valence-corrected chi connectivity index (χ3v) is 4.96. The fourth-order valence-electron chi connectivity index (χ4n) is 2.73. The van der Waals surface area contributed by atoms with E-state index in [0.717, 1.165) is 23.4 Å².